The summed E-state index contributed by atoms with van der Waals surface area (Å²) in [6.07, 6.45) is 2.46. The number of halogens is 1. The molecule has 9 nitrogen and oxygen atoms in total. The minimum Gasteiger partial charge on any atom is -0.550 e. The molecule has 0 atom stereocenters. The van der Waals surface area contributed by atoms with Crippen LogP contribution in [-0.2, 0) is 9.59 Å². The van der Waals surface area contributed by atoms with E-state index < -0.39 is 23.7 Å². The van der Waals surface area contributed by atoms with Crippen LogP contribution >= 0.6 is 11.6 Å². The summed E-state index contributed by atoms with van der Waals surface area (Å²) < 4.78 is 5.07. The van der Waals surface area contributed by atoms with Gasteiger partial charge in [0.2, 0.25) is 0 Å². The highest BCUT2D eigenvalue weighted by molar-refractivity contribution is 6.32. The summed E-state index contributed by atoms with van der Waals surface area (Å²) in [6.45, 7) is -0.0643. The third-order valence-electron chi connectivity index (χ3n) is 4.46. The SMILES string of the molecule is O=C([O-])CCNC(=O)c1ccc(NC(=O)/C(=C/c2ccccc2Cl)NC(=O)c2ccco2)cc1. The highest BCUT2D eigenvalue weighted by Gasteiger charge is 2.17. The number of carbonyl (C=O) groups is 4. The molecule has 34 heavy (non-hydrogen) atoms. The van der Waals surface area contributed by atoms with Crippen molar-refractivity contribution in [1.82, 2.24) is 10.6 Å². The molecule has 3 amide bonds. The van der Waals surface area contributed by atoms with E-state index in [4.69, 9.17) is 16.0 Å². The maximum absolute atomic E-state index is 12.9. The van der Waals surface area contributed by atoms with Gasteiger partial charge in [0.05, 0.1) is 6.26 Å². The number of aliphatic carboxylic acids is 1. The van der Waals surface area contributed by atoms with E-state index in [0.717, 1.165) is 0 Å². The van der Waals surface area contributed by atoms with E-state index in [-0.39, 0.29) is 30.0 Å². The summed E-state index contributed by atoms with van der Waals surface area (Å²) in [7, 11) is 0. The van der Waals surface area contributed by atoms with Crippen LogP contribution in [0.3, 0.4) is 0 Å². The summed E-state index contributed by atoms with van der Waals surface area (Å²) in [5.74, 6) is -2.97. The molecule has 0 spiro atoms. The van der Waals surface area contributed by atoms with Crippen molar-refractivity contribution in [3.05, 3.63) is 94.5 Å². The molecule has 3 rings (SSSR count). The smallest absolute Gasteiger partial charge is 0.291 e. The van der Waals surface area contributed by atoms with E-state index >= 15 is 0 Å². The number of carboxylic acids is 1. The summed E-state index contributed by atoms with van der Waals surface area (Å²) in [6, 6.07) is 15.7. The van der Waals surface area contributed by atoms with Crippen LogP contribution in [0, 0.1) is 0 Å². The van der Waals surface area contributed by atoms with Crippen LogP contribution < -0.4 is 21.1 Å². The molecule has 10 heteroatoms. The molecule has 3 N–H and O–H groups in total. The van der Waals surface area contributed by atoms with Crippen LogP contribution in [0.1, 0.15) is 32.9 Å². The number of hydrogen-bond acceptors (Lipinski definition) is 6. The molecule has 3 aromatic rings. The number of benzene rings is 2. The van der Waals surface area contributed by atoms with Gasteiger partial charge in [0.25, 0.3) is 17.7 Å². The molecule has 0 saturated heterocycles. The predicted molar refractivity (Wildman–Crippen MR) is 123 cm³/mol. The van der Waals surface area contributed by atoms with Gasteiger partial charge in [-0.15, -0.1) is 0 Å². The largest absolute Gasteiger partial charge is 0.550 e. The Bertz CT molecular complexity index is 1220. The first-order chi connectivity index (χ1) is 16.3. The maximum atomic E-state index is 12.9. The lowest BCUT2D eigenvalue weighted by atomic mass is 10.1. The molecule has 0 bridgehead atoms. The number of carbonyl (C=O) groups excluding carboxylic acids is 4. The highest BCUT2D eigenvalue weighted by Crippen LogP contribution is 2.19. The van der Waals surface area contributed by atoms with E-state index in [1.807, 2.05) is 0 Å². The second-order valence-electron chi connectivity index (χ2n) is 6.92. The fourth-order valence-electron chi connectivity index (χ4n) is 2.78. The third-order valence-corrected chi connectivity index (χ3v) is 4.81. The molecule has 1 heterocycles. The molecule has 2 aromatic carbocycles. The monoisotopic (exact) mass is 480 g/mol. The topological polar surface area (TPSA) is 141 Å². The van der Waals surface area contributed by atoms with Gasteiger partial charge in [-0.25, -0.2) is 0 Å². The van der Waals surface area contributed by atoms with Crippen LogP contribution in [0.5, 0.6) is 0 Å². The lowest BCUT2D eigenvalue weighted by molar-refractivity contribution is -0.305. The van der Waals surface area contributed by atoms with Crippen LogP contribution in [-0.4, -0.2) is 30.2 Å². The Balaban J connectivity index is 1.74. The number of carboxylic acid groups (broad SMARTS) is 1. The number of furan rings is 1. The van der Waals surface area contributed by atoms with Gasteiger partial charge in [-0.1, -0.05) is 29.8 Å². The Morgan fingerprint density at radius 3 is 2.32 bits per heavy atom. The van der Waals surface area contributed by atoms with Crippen LogP contribution in [0.15, 0.2) is 77.0 Å². The highest BCUT2D eigenvalue weighted by atomic mass is 35.5. The van der Waals surface area contributed by atoms with E-state index in [9.17, 15) is 24.3 Å². The van der Waals surface area contributed by atoms with E-state index in [2.05, 4.69) is 16.0 Å². The molecule has 0 aliphatic heterocycles. The molecule has 1 aromatic heterocycles. The van der Waals surface area contributed by atoms with Crippen molar-refractivity contribution < 1.29 is 28.7 Å². The molecule has 0 saturated carbocycles. The van der Waals surface area contributed by atoms with Crippen molar-refractivity contribution >= 4 is 47.1 Å². The fraction of sp³-hybridized carbons (Fsp3) is 0.0833. The first-order valence-electron chi connectivity index (χ1n) is 10.0. The maximum Gasteiger partial charge on any atom is 0.291 e. The van der Waals surface area contributed by atoms with Gasteiger partial charge in [0.1, 0.15) is 5.70 Å². The number of nitrogens with one attached hydrogen (secondary N) is 3. The zero-order valence-corrected chi connectivity index (χ0v) is 18.4. The van der Waals surface area contributed by atoms with Crippen molar-refractivity contribution in [2.24, 2.45) is 0 Å². The molecule has 0 fully saturated rings. The van der Waals surface area contributed by atoms with Crippen molar-refractivity contribution in [3.8, 4) is 0 Å². The molecule has 0 aliphatic rings. The zero-order chi connectivity index (χ0) is 24.5. The molecule has 174 valence electrons. The first-order valence-corrected chi connectivity index (χ1v) is 10.4. The van der Waals surface area contributed by atoms with Gasteiger partial charge < -0.3 is 30.3 Å². The summed E-state index contributed by atoms with van der Waals surface area (Å²) >= 11 is 6.19. The van der Waals surface area contributed by atoms with Gasteiger partial charge in [-0.2, -0.15) is 0 Å². The number of rotatable bonds is 9. The van der Waals surface area contributed by atoms with Crippen molar-refractivity contribution in [1.29, 1.82) is 0 Å². The minimum atomic E-state index is -1.27. The van der Waals surface area contributed by atoms with Gasteiger partial charge in [-0.3, -0.25) is 14.4 Å². The summed E-state index contributed by atoms with van der Waals surface area (Å²) in [5.41, 5.74) is 1.05. The molecule has 0 radical (unpaired) electrons. The first kappa shape index (κ1) is 24.3. The lowest BCUT2D eigenvalue weighted by Gasteiger charge is -2.11. The van der Waals surface area contributed by atoms with E-state index in [1.54, 1.807) is 30.3 Å². The molecule has 0 aliphatic carbocycles. The van der Waals surface area contributed by atoms with Gasteiger partial charge in [0.15, 0.2) is 5.76 Å². The van der Waals surface area contributed by atoms with E-state index in [1.165, 1.54) is 42.7 Å². The van der Waals surface area contributed by atoms with E-state index in [0.29, 0.717) is 16.3 Å². The molecule has 0 unspecified atom stereocenters. The molecular weight excluding hydrogens is 462 g/mol. The normalized spacial score (nSPS) is 10.9. The van der Waals surface area contributed by atoms with Crippen LogP contribution in [0.25, 0.3) is 6.08 Å². The van der Waals surface area contributed by atoms with Crippen molar-refractivity contribution in [3.63, 3.8) is 0 Å². The van der Waals surface area contributed by atoms with Gasteiger partial charge in [-0.05, 0) is 54.1 Å². The standard InChI is InChI=1S/C24H20ClN3O6/c25-18-5-2-1-4-16(18)14-19(28-24(33)20-6-3-13-34-20)23(32)27-17-9-7-15(8-10-17)22(31)26-12-11-21(29)30/h1-10,13-14H,11-12H2,(H,26,31)(H,27,32)(H,28,33)(H,29,30)/p-1/b19-14-. The lowest BCUT2D eigenvalue weighted by Crippen LogP contribution is -2.31. The predicted octanol–water partition coefficient (Wildman–Crippen LogP) is 2.21. The average molecular weight is 481 g/mol. The number of anilines is 1. The Kier molecular flexibility index (Phi) is 8.20. The average Bonchev–Trinajstić information content (AvgIpc) is 3.35. The minimum absolute atomic E-state index is 0.0203. The Labute approximate surface area is 199 Å². The molecular formula is C24H19ClN3O6-. The fourth-order valence-corrected chi connectivity index (χ4v) is 2.97. The summed E-state index contributed by atoms with van der Waals surface area (Å²) in [4.78, 5) is 47.9. The van der Waals surface area contributed by atoms with Gasteiger partial charge in [0, 0.05) is 35.2 Å². The van der Waals surface area contributed by atoms with Crippen molar-refractivity contribution in [2.75, 3.05) is 11.9 Å². The Morgan fingerprint density at radius 2 is 1.68 bits per heavy atom. The summed E-state index contributed by atoms with van der Waals surface area (Å²) in [5, 5.41) is 18.4. The van der Waals surface area contributed by atoms with Gasteiger partial charge >= 0.3 is 0 Å². The Hall–Kier alpha value is -4.37. The number of amides is 3. The quantitative estimate of drug-likeness (QED) is 0.401. The number of hydrogen-bond donors (Lipinski definition) is 3. The van der Waals surface area contributed by atoms with Crippen LogP contribution in [0.2, 0.25) is 5.02 Å². The third kappa shape index (κ3) is 6.81. The van der Waals surface area contributed by atoms with Crippen LogP contribution in [0.4, 0.5) is 5.69 Å². The zero-order valence-electron chi connectivity index (χ0n) is 17.7. The second-order valence-corrected chi connectivity index (χ2v) is 7.33. The van der Waals surface area contributed by atoms with Crippen molar-refractivity contribution in [2.45, 2.75) is 6.42 Å². The second kappa shape index (κ2) is 11.5. The Morgan fingerprint density at radius 1 is 0.941 bits per heavy atom.